The fraction of sp³-hybridized carbons (Fsp3) is 0.200. The third kappa shape index (κ3) is 4.54. The molecule has 2 heterocycles. The van der Waals surface area contributed by atoms with Crippen LogP contribution in [0.1, 0.15) is 6.42 Å². The molecule has 4 aromatic rings. The number of carbonyl (C=O) groups is 1. The number of benzene rings is 3. The molecule has 6 nitrogen and oxygen atoms in total. The van der Waals surface area contributed by atoms with Gasteiger partial charge in [-0.3, -0.25) is 9.36 Å². The van der Waals surface area contributed by atoms with Gasteiger partial charge in [0.15, 0.2) is 15.0 Å². The normalized spacial score (nSPS) is 17.3. The van der Waals surface area contributed by atoms with Crippen LogP contribution in [-0.2, 0) is 14.6 Å². The molecule has 0 bridgehead atoms. The molecule has 168 valence electrons. The van der Waals surface area contributed by atoms with Gasteiger partial charge in [-0.1, -0.05) is 60.3 Å². The quantitative estimate of drug-likeness (QED) is 0.387. The van der Waals surface area contributed by atoms with Crippen molar-refractivity contribution >= 4 is 44.2 Å². The van der Waals surface area contributed by atoms with Crippen LogP contribution in [-0.4, -0.2) is 47.2 Å². The number of aromatic nitrogens is 2. The first-order chi connectivity index (χ1) is 16.0. The van der Waals surface area contributed by atoms with Crippen LogP contribution in [0.2, 0.25) is 0 Å². The van der Waals surface area contributed by atoms with E-state index in [1.807, 2.05) is 84.9 Å². The van der Waals surface area contributed by atoms with Crippen LogP contribution in [0.3, 0.4) is 0 Å². The maximum absolute atomic E-state index is 13.5. The number of anilines is 1. The zero-order valence-electron chi connectivity index (χ0n) is 17.9. The van der Waals surface area contributed by atoms with Crippen LogP contribution >= 0.6 is 11.8 Å². The molecule has 1 atom stereocenters. The second-order valence-corrected chi connectivity index (χ2v) is 11.2. The topological polar surface area (TPSA) is 72.3 Å². The number of amides is 1. The van der Waals surface area contributed by atoms with E-state index in [1.54, 1.807) is 4.90 Å². The van der Waals surface area contributed by atoms with Gasteiger partial charge in [-0.05, 0) is 42.8 Å². The molecule has 1 amide bonds. The minimum atomic E-state index is -3.13. The van der Waals surface area contributed by atoms with Gasteiger partial charge in [0.25, 0.3) is 0 Å². The van der Waals surface area contributed by atoms with Crippen LogP contribution in [0.25, 0.3) is 16.7 Å². The molecule has 33 heavy (non-hydrogen) atoms. The van der Waals surface area contributed by atoms with Crippen LogP contribution < -0.4 is 4.90 Å². The number of hydrogen-bond acceptors (Lipinski definition) is 5. The fourth-order valence-electron chi connectivity index (χ4n) is 4.25. The lowest BCUT2D eigenvalue weighted by Gasteiger charge is -2.28. The minimum absolute atomic E-state index is 0.000822. The summed E-state index contributed by atoms with van der Waals surface area (Å²) in [6.07, 6.45) is 0.455. The Morgan fingerprint density at radius 1 is 0.970 bits per heavy atom. The van der Waals surface area contributed by atoms with Crippen molar-refractivity contribution in [1.82, 2.24) is 9.55 Å². The Kier molecular flexibility index (Phi) is 5.95. The Morgan fingerprint density at radius 3 is 2.33 bits per heavy atom. The van der Waals surface area contributed by atoms with Crippen LogP contribution in [0.15, 0.2) is 90.1 Å². The number of carbonyl (C=O) groups excluding carboxylic acids is 1. The van der Waals surface area contributed by atoms with Gasteiger partial charge in [0.1, 0.15) is 0 Å². The van der Waals surface area contributed by atoms with Crippen molar-refractivity contribution in [2.24, 2.45) is 0 Å². The van der Waals surface area contributed by atoms with Crippen LogP contribution in [0, 0.1) is 0 Å². The van der Waals surface area contributed by atoms with Crippen molar-refractivity contribution in [2.75, 3.05) is 22.2 Å². The highest BCUT2D eigenvalue weighted by Crippen LogP contribution is 2.30. The van der Waals surface area contributed by atoms with E-state index >= 15 is 0 Å². The maximum atomic E-state index is 13.5. The summed E-state index contributed by atoms with van der Waals surface area (Å²) in [6.45, 7) is 0. The van der Waals surface area contributed by atoms with Crippen molar-refractivity contribution in [3.05, 3.63) is 84.9 Å². The average molecular weight is 478 g/mol. The highest BCUT2D eigenvalue weighted by Gasteiger charge is 2.35. The van der Waals surface area contributed by atoms with Crippen LogP contribution in [0.5, 0.6) is 0 Å². The Hall–Kier alpha value is -3.10. The summed E-state index contributed by atoms with van der Waals surface area (Å²) in [5.74, 6) is 0.146. The summed E-state index contributed by atoms with van der Waals surface area (Å²) < 4.78 is 26.3. The molecule has 1 fully saturated rings. The molecule has 0 saturated carbocycles. The fourth-order valence-corrected chi connectivity index (χ4v) is 6.84. The van der Waals surface area contributed by atoms with E-state index in [-0.39, 0.29) is 29.2 Å². The molecule has 1 aliphatic heterocycles. The molecule has 0 unspecified atom stereocenters. The predicted molar refractivity (Wildman–Crippen MR) is 133 cm³/mol. The molecule has 1 saturated heterocycles. The summed E-state index contributed by atoms with van der Waals surface area (Å²) in [5.41, 5.74) is 3.53. The van der Waals surface area contributed by atoms with E-state index < -0.39 is 9.84 Å². The van der Waals surface area contributed by atoms with Crippen molar-refractivity contribution in [2.45, 2.75) is 17.6 Å². The number of sulfone groups is 1. The number of hydrogen-bond donors (Lipinski definition) is 0. The highest BCUT2D eigenvalue weighted by atomic mass is 32.2. The van der Waals surface area contributed by atoms with Crippen molar-refractivity contribution in [1.29, 1.82) is 0 Å². The van der Waals surface area contributed by atoms with Gasteiger partial charge in [-0.2, -0.15) is 0 Å². The molecule has 0 N–H and O–H groups in total. The van der Waals surface area contributed by atoms with Gasteiger partial charge in [-0.15, -0.1) is 0 Å². The number of fused-ring (bicyclic) bond motifs is 1. The van der Waals surface area contributed by atoms with Crippen molar-refractivity contribution < 1.29 is 13.2 Å². The average Bonchev–Trinajstić information content (AvgIpc) is 3.38. The molecule has 5 rings (SSSR count). The summed E-state index contributed by atoms with van der Waals surface area (Å²) >= 11 is 1.37. The summed E-state index contributed by atoms with van der Waals surface area (Å²) in [4.78, 5) is 19.9. The van der Waals surface area contributed by atoms with Gasteiger partial charge in [0.2, 0.25) is 5.91 Å². The number of imidazole rings is 1. The summed E-state index contributed by atoms with van der Waals surface area (Å²) in [7, 11) is -3.13. The second-order valence-electron chi connectivity index (χ2n) is 8.00. The first kappa shape index (κ1) is 21.7. The number of thioether (sulfide) groups is 1. The second kappa shape index (κ2) is 9.03. The molecule has 8 heteroatoms. The van der Waals surface area contributed by atoms with Gasteiger partial charge in [-0.25, -0.2) is 13.4 Å². The van der Waals surface area contributed by atoms with E-state index in [1.165, 1.54) is 11.8 Å². The Bertz CT molecular complexity index is 1390. The molecule has 0 spiro atoms. The lowest BCUT2D eigenvalue weighted by molar-refractivity contribution is -0.116. The first-order valence-electron chi connectivity index (χ1n) is 10.7. The van der Waals surface area contributed by atoms with Gasteiger partial charge in [0, 0.05) is 11.4 Å². The molecule has 3 aromatic carbocycles. The highest BCUT2D eigenvalue weighted by molar-refractivity contribution is 7.99. The van der Waals surface area contributed by atoms with E-state index in [9.17, 15) is 13.2 Å². The van der Waals surface area contributed by atoms with Gasteiger partial charge < -0.3 is 4.90 Å². The Morgan fingerprint density at radius 2 is 1.64 bits per heavy atom. The number of nitrogens with zero attached hydrogens (tertiary/aromatic N) is 3. The van der Waals surface area contributed by atoms with Crippen molar-refractivity contribution in [3.63, 3.8) is 0 Å². The van der Waals surface area contributed by atoms with Gasteiger partial charge >= 0.3 is 0 Å². The van der Waals surface area contributed by atoms with Gasteiger partial charge in [0.05, 0.1) is 34.3 Å². The molecular formula is C25H23N3O3S2. The monoisotopic (exact) mass is 477 g/mol. The van der Waals surface area contributed by atoms with E-state index in [0.717, 1.165) is 27.6 Å². The van der Waals surface area contributed by atoms with Crippen molar-refractivity contribution in [3.8, 4) is 5.69 Å². The number of rotatable bonds is 6. The largest absolute Gasteiger partial charge is 0.308 e. The number of para-hydroxylation sites is 4. The van der Waals surface area contributed by atoms with Crippen LogP contribution in [0.4, 0.5) is 5.69 Å². The Balaban J connectivity index is 1.45. The third-order valence-electron chi connectivity index (χ3n) is 5.75. The minimum Gasteiger partial charge on any atom is -0.308 e. The van der Waals surface area contributed by atoms with E-state index in [0.29, 0.717) is 6.42 Å². The standard InChI is InChI=1S/C25H23N3O3S2/c29-24(27(19-9-3-1-4-10-19)21-15-16-33(30,31)18-21)17-32-25-26-22-13-7-8-14-23(22)28(25)20-11-5-2-6-12-20/h1-14,21H,15-18H2/t21-/m1/s1. The Labute approximate surface area is 197 Å². The lowest BCUT2D eigenvalue weighted by atomic mass is 10.2. The summed E-state index contributed by atoms with van der Waals surface area (Å²) in [6, 6.07) is 26.8. The van der Waals surface area contributed by atoms with E-state index in [4.69, 9.17) is 4.98 Å². The lowest BCUT2D eigenvalue weighted by Crippen LogP contribution is -2.42. The third-order valence-corrected chi connectivity index (χ3v) is 8.42. The molecular weight excluding hydrogens is 454 g/mol. The first-order valence-corrected chi connectivity index (χ1v) is 13.6. The SMILES string of the molecule is O=C(CSc1nc2ccccc2n1-c1ccccc1)N(c1ccccc1)[C@@H]1CCS(=O)(=O)C1. The molecule has 1 aliphatic rings. The maximum Gasteiger partial charge on any atom is 0.237 e. The summed E-state index contributed by atoms with van der Waals surface area (Å²) in [5, 5.41) is 0.725. The zero-order chi connectivity index (χ0) is 22.8. The smallest absolute Gasteiger partial charge is 0.237 e. The molecule has 0 radical (unpaired) electrons. The molecule has 1 aromatic heterocycles. The van der Waals surface area contributed by atoms with E-state index in [2.05, 4.69) is 4.57 Å². The predicted octanol–water partition coefficient (Wildman–Crippen LogP) is 4.34. The molecule has 0 aliphatic carbocycles. The zero-order valence-corrected chi connectivity index (χ0v) is 19.5.